The third-order valence-corrected chi connectivity index (χ3v) is 6.75. The largest absolute Gasteiger partial charge is 0.397 e. The summed E-state index contributed by atoms with van der Waals surface area (Å²) in [7, 11) is 0. The van der Waals surface area contributed by atoms with Crippen LogP contribution in [0.4, 0.5) is 11.4 Å². The number of rotatable bonds is 11. The normalized spacial score (nSPS) is 16.7. The topological polar surface area (TPSA) is 95.8 Å². The number of benzene rings is 1. The molecule has 1 aromatic heterocycles. The summed E-state index contributed by atoms with van der Waals surface area (Å²) >= 11 is 0. The number of nitrogens with zero attached hydrogens (tertiary/aromatic N) is 3. The Bertz CT molecular complexity index is 968. The van der Waals surface area contributed by atoms with Gasteiger partial charge in [0.15, 0.2) is 0 Å². The minimum atomic E-state index is -0.274. The predicted molar refractivity (Wildman–Crippen MR) is 140 cm³/mol. The van der Waals surface area contributed by atoms with E-state index in [9.17, 15) is 4.79 Å². The van der Waals surface area contributed by atoms with Crippen LogP contribution in [0, 0.1) is 0 Å². The number of nitrogens with two attached hydrogens (primary N) is 1. The molecule has 35 heavy (non-hydrogen) atoms. The molecule has 0 spiro atoms. The van der Waals surface area contributed by atoms with Crippen LogP contribution < -0.4 is 16.4 Å². The monoisotopic (exact) mass is 478 g/mol. The van der Waals surface area contributed by atoms with E-state index in [2.05, 4.69) is 32.0 Å². The molecule has 1 aromatic carbocycles. The molecule has 188 valence electrons. The van der Waals surface area contributed by atoms with E-state index in [4.69, 9.17) is 10.5 Å². The lowest BCUT2D eigenvalue weighted by Crippen LogP contribution is -2.39. The number of carbonyl (C=O) groups is 1. The fourth-order valence-corrected chi connectivity index (χ4v) is 4.69. The van der Waals surface area contributed by atoms with Crippen LogP contribution in [0.5, 0.6) is 0 Å². The van der Waals surface area contributed by atoms with Gasteiger partial charge in [0, 0.05) is 45.0 Å². The van der Waals surface area contributed by atoms with Crippen LogP contribution in [0.3, 0.4) is 0 Å². The zero-order valence-corrected chi connectivity index (χ0v) is 20.5. The molecular formula is C27H38N6O2. The zero-order valence-electron chi connectivity index (χ0n) is 20.5. The Hall–Kier alpha value is -3.10. The van der Waals surface area contributed by atoms with Crippen molar-refractivity contribution in [2.45, 2.75) is 44.7 Å². The van der Waals surface area contributed by atoms with Crippen LogP contribution in [0.2, 0.25) is 0 Å². The fraction of sp³-hybridized carbons (Fsp3) is 0.481. The molecule has 1 saturated heterocycles. The van der Waals surface area contributed by atoms with Crippen molar-refractivity contribution in [2.24, 2.45) is 0 Å². The van der Waals surface area contributed by atoms with Crippen molar-refractivity contribution in [3.8, 4) is 0 Å². The third-order valence-electron chi connectivity index (χ3n) is 6.75. The number of hydrogen-bond acceptors (Lipinski definition) is 7. The van der Waals surface area contributed by atoms with Gasteiger partial charge in [0.1, 0.15) is 5.69 Å². The Morgan fingerprint density at radius 2 is 1.94 bits per heavy atom. The van der Waals surface area contributed by atoms with Gasteiger partial charge in [-0.25, -0.2) is 0 Å². The first kappa shape index (κ1) is 25.0. The maximum absolute atomic E-state index is 12.6. The quantitative estimate of drug-likeness (QED) is 0.426. The molecule has 2 aliphatic rings. The Labute approximate surface area is 208 Å². The number of aromatic nitrogens is 1. The van der Waals surface area contributed by atoms with Gasteiger partial charge in [-0.2, -0.15) is 0 Å². The summed E-state index contributed by atoms with van der Waals surface area (Å²) in [6, 6.07) is 11.4. The summed E-state index contributed by atoms with van der Waals surface area (Å²) in [6.07, 6.45) is 7.81. The molecule has 8 nitrogen and oxygen atoms in total. The second kappa shape index (κ2) is 12.6. The molecule has 1 aliphatic carbocycles. The van der Waals surface area contributed by atoms with Gasteiger partial charge >= 0.3 is 0 Å². The molecule has 8 heteroatoms. The number of hydrogen-bond donors (Lipinski definition) is 3. The molecular weight excluding hydrogens is 440 g/mol. The second-order valence-electron chi connectivity index (χ2n) is 9.39. The Morgan fingerprint density at radius 3 is 2.66 bits per heavy atom. The number of anilines is 2. The molecule has 0 atom stereocenters. The summed E-state index contributed by atoms with van der Waals surface area (Å²) in [4.78, 5) is 21.8. The van der Waals surface area contributed by atoms with Crippen LogP contribution in [0.25, 0.3) is 0 Å². The summed E-state index contributed by atoms with van der Waals surface area (Å²) in [5.74, 6) is 0.698. The maximum Gasteiger partial charge on any atom is 0.274 e. The van der Waals surface area contributed by atoms with Gasteiger partial charge in [-0.15, -0.1) is 0 Å². The van der Waals surface area contributed by atoms with Crippen molar-refractivity contribution >= 4 is 17.3 Å². The number of ether oxygens (including phenoxy) is 1. The zero-order chi connectivity index (χ0) is 24.5. The molecule has 2 fully saturated rings. The first-order chi connectivity index (χ1) is 17.1. The van der Waals surface area contributed by atoms with Crippen molar-refractivity contribution in [3.63, 3.8) is 0 Å². The molecule has 1 amide bonds. The van der Waals surface area contributed by atoms with Crippen molar-refractivity contribution < 1.29 is 9.53 Å². The van der Waals surface area contributed by atoms with E-state index in [1.807, 2.05) is 18.2 Å². The molecule has 2 heterocycles. The number of morpholine rings is 1. The van der Waals surface area contributed by atoms with E-state index in [1.165, 1.54) is 25.7 Å². The van der Waals surface area contributed by atoms with Crippen molar-refractivity contribution in [1.29, 1.82) is 0 Å². The predicted octanol–water partition coefficient (Wildman–Crippen LogP) is 3.44. The smallest absolute Gasteiger partial charge is 0.274 e. The fourth-order valence-electron chi connectivity index (χ4n) is 4.69. The summed E-state index contributed by atoms with van der Waals surface area (Å²) < 4.78 is 5.47. The lowest BCUT2D eigenvalue weighted by molar-refractivity contribution is 0.0363. The molecule has 1 saturated carbocycles. The first-order valence-corrected chi connectivity index (χ1v) is 12.7. The van der Waals surface area contributed by atoms with Gasteiger partial charge in [0.05, 0.1) is 30.4 Å². The number of nitrogen functional groups attached to an aromatic ring is 1. The van der Waals surface area contributed by atoms with Gasteiger partial charge in [-0.3, -0.25) is 14.7 Å². The van der Waals surface area contributed by atoms with Crippen molar-refractivity contribution in [1.82, 2.24) is 20.1 Å². The molecule has 0 radical (unpaired) electrons. The van der Waals surface area contributed by atoms with Crippen LogP contribution >= 0.6 is 0 Å². The SMILES string of the molecule is C=C(NC1CCCC1)N(CCCN1CCOCC1)Cc1ccc(C(=O)Nc2ccccc2N)nc1. The van der Waals surface area contributed by atoms with Gasteiger partial charge in [0.25, 0.3) is 5.91 Å². The standard InChI is InChI=1S/C27H38N6O2/c1-21(30-23-7-2-3-8-23)33(14-6-13-32-15-17-35-18-16-32)20-22-11-12-26(29-19-22)27(34)31-25-10-5-4-9-24(25)28/h4-5,9-12,19,23,30H,1-3,6-8,13-18,20,28H2,(H,31,34). The minimum Gasteiger partial charge on any atom is -0.397 e. The lowest BCUT2D eigenvalue weighted by Gasteiger charge is -2.31. The van der Waals surface area contributed by atoms with Crippen LogP contribution in [-0.4, -0.2) is 66.1 Å². The van der Waals surface area contributed by atoms with Crippen molar-refractivity contribution in [3.05, 3.63) is 66.3 Å². The summed E-state index contributed by atoms with van der Waals surface area (Å²) in [6.45, 7) is 10.7. The number of amides is 1. The van der Waals surface area contributed by atoms with Gasteiger partial charge < -0.3 is 26.0 Å². The first-order valence-electron chi connectivity index (χ1n) is 12.7. The highest BCUT2D eigenvalue weighted by atomic mass is 16.5. The Balaban J connectivity index is 1.35. The van der Waals surface area contributed by atoms with E-state index in [1.54, 1.807) is 24.4 Å². The molecule has 4 N–H and O–H groups in total. The highest BCUT2D eigenvalue weighted by Crippen LogP contribution is 2.20. The highest BCUT2D eigenvalue weighted by molar-refractivity contribution is 6.04. The molecule has 4 rings (SSSR count). The van der Waals surface area contributed by atoms with Crippen LogP contribution in [0.15, 0.2) is 55.0 Å². The molecule has 2 aromatic rings. The Morgan fingerprint density at radius 1 is 1.17 bits per heavy atom. The van der Waals surface area contributed by atoms with Crippen LogP contribution in [-0.2, 0) is 11.3 Å². The minimum absolute atomic E-state index is 0.274. The second-order valence-corrected chi connectivity index (χ2v) is 9.39. The van der Waals surface area contributed by atoms with Gasteiger partial charge in [-0.1, -0.05) is 37.6 Å². The number of carbonyl (C=O) groups excluding carboxylic acids is 1. The number of nitrogens with one attached hydrogen (secondary N) is 2. The van der Waals surface area contributed by atoms with E-state index in [-0.39, 0.29) is 5.91 Å². The van der Waals surface area contributed by atoms with Gasteiger partial charge in [-0.05, 0) is 43.0 Å². The average molecular weight is 479 g/mol. The molecule has 0 unspecified atom stereocenters. The molecule has 0 bridgehead atoms. The molecule has 1 aliphatic heterocycles. The maximum atomic E-state index is 12.6. The third kappa shape index (κ3) is 7.44. The van der Waals surface area contributed by atoms with Crippen LogP contribution in [0.1, 0.15) is 48.2 Å². The average Bonchev–Trinajstić information content (AvgIpc) is 3.39. The van der Waals surface area contributed by atoms with E-state index in [0.717, 1.165) is 57.2 Å². The number of para-hydroxylation sites is 2. The van der Waals surface area contributed by atoms with Crippen molar-refractivity contribution in [2.75, 3.05) is 50.4 Å². The number of pyridine rings is 1. The van der Waals surface area contributed by atoms with E-state index < -0.39 is 0 Å². The van der Waals surface area contributed by atoms with Gasteiger partial charge in [0.2, 0.25) is 0 Å². The lowest BCUT2D eigenvalue weighted by atomic mass is 10.2. The Kier molecular flexibility index (Phi) is 8.97. The van der Waals surface area contributed by atoms with E-state index >= 15 is 0 Å². The van der Waals surface area contributed by atoms with E-state index in [0.29, 0.717) is 29.7 Å². The summed E-state index contributed by atoms with van der Waals surface area (Å²) in [5, 5.41) is 6.48. The highest BCUT2D eigenvalue weighted by Gasteiger charge is 2.19. The summed E-state index contributed by atoms with van der Waals surface area (Å²) in [5.41, 5.74) is 8.45.